The number of para-hydroxylation sites is 1. The van der Waals surface area contributed by atoms with Gasteiger partial charge in [0, 0.05) is 42.1 Å². The van der Waals surface area contributed by atoms with Crippen LogP contribution in [0.25, 0.3) is 0 Å². The molecule has 2 aliphatic carbocycles. The smallest absolute Gasteiger partial charge is 0.225 e. The summed E-state index contributed by atoms with van der Waals surface area (Å²) in [4.78, 5) is 12.4. The summed E-state index contributed by atoms with van der Waals surface area (Å²) >= 11 is 0. The summed E-state index contributed by atoms with van der Waals surface area (Å²) in [5, 5.41) is 6.81. The Morgan fingerprint density at radius 3 is 2.88 bits per heavy atom. The molecule has 2 saturated carbocycles. The molecule has 0 radical (unpaired) electrons. The highest BCUT2D eigenvalue weighted by atomic mass is 16.5. The largest absolute Gasteiger partial charge is 0.377 e. The Morgan fingerprint density at radius 1 is 1.38 bits per heavy atom. The van der Waals surface area contributed by atoms with E-state index in [1.165, 1.54) is 25.7 Å². The van der Waals surface area contributed by atoms with Crippen LogP contribution in [-0.2, 0) is 9.53 Å². The Balaban J connectivity index is 1.33. The molecule has 4 atom stereocenters. The van der Waals surface area contributed by atoms with Gasteiger partial charge < -0.3 is 15.4 Å². The lowest BCUT2D eigenvalue weighted by atomic mass is 9.46. The lowest BCUT2D eigenvalue weighted by molar-refractivity contribution is -0.178. The first-order valence-electron chi connectivity index (χ1n) is 9.33. The van der Waals surface area contributed by atoms with Crippen molar-refractivity contribution in [3.63, 3.8) is 0 Å². The van der Waals surface area contributed by atoms with Crippen LogP contribution in [0.4, 0.5) is 5.69 Å². The Labute approximate surface area is 144 Å². The van der Waals surface area contributed by atoms with Gasteiger partial charge in [-0.1, -0.05) is 24.6 Å². The topological polar surface area (TPSA) is 50.4 Å². The van der Waals surface area contributed by atoms with E-state index in [1.807, 2.05) is 31.2 Å². The van der Waals surface area contributed by atoms with Crippen LogP contribution in [0.15, 0.2) is 24.3 Å². The number of carbonyl (C=O) groups excluding carboxylic acids is 1. The zero-order valence-electron chi connectivity index (χ0n) is 14.7. The fourth-order valence-electron chi connectivity index (χ4n) is 5.05. The molecule has 0 unspecified atom stereocenters. The number of nitrogens with one attached hydrogen (secondary N) is 2. The van der Waals surface area contributed by atoms with Gasteiger partial charge in [-0.3, -0.25) is 4.79 Å². The van der Waals surface area contributed by atoms with E-state index in [1.54, 1.807) is 0 Å². The minimum Gasteiger partial charge on any atom is -0.377 e. The molecule has 4 rings (SSSR count). The van der Waals surface area contributed by atoms with Crippen LogP contribution < -0.4 is 10.6 Å². The van der Waals surface area contributed by atoms with Crippen LogP contribution in [-0.4, -0.2) is 30.7 Å². The lowest BCUT2D eigenvalue weighted by Gasteiger charge is -2.64. The van der Waals surface area contributed by atoms with Crippen molar-refractivity contribution >= 4 is 11.6 Å². The van der Waals surface area contributed by atoms with Gasteiger partial charge in [0.1, 0.15) is 0 Å². The molecule has 1 amide bonds. The molecular formula is C20H28N2O2. The summed E-state index contributed by atoms with van der Waals surface area (Å²) in [7, 11) is 0. The average molecular weight is 328 g/mol. The zero-order chi connectivity index (χ0) is 16.7. The maximum atomic E-state index is 12.4. The molecule has 3 fully saturated rings. The summed E-state index contributed by atoms with van der Waals surface area (Å²) in [6.07, 6.45) is 6.07. The summed E-state index contributed by atoms with van der Waals surface area (Å²) in [5.41, 5.74) is 2.39. The van der Waals surface area contributed by atoms with E-state index in [-0.39, 0.29) is 11.9 Å². The van der Waals surface area contributed by atoms with Crippen LogP contribution >= 0.6 is 0 Å². The lowest BCUT2D eigenvalue weighted by Crippen LogP contribution is -2.72. The van der Waals surface area contributed by atoms with Gasteiger partial charge in [0.2, 0.25) is 5.91 Å². The maximum absolute atomic E-state index is 12.4. The van der Waals surface area contributed by atoms with Crippen LogP contribution in [0.3, 0.4) is 0 Å². The van der Waals surface area contributed by atoms with Crippen molar-refractivity contribution in [2.75, 3.05) is 11.9 Å². The van der Waals surface area contributed by atoms with Crippen molar-refractivity contribution in [1.29, 1.82) is 0 Å². The van der Waals surface area contributed by atoms with E-state index in [0.717, 1.165) is 17.9 Å². The molecule has 1 aromatic rings. The normalized spacial score (nSPS) is 31.0. The number of fused-ring (bicyclic) bond motifs is 2. The van der Waals surface area contributed by atoms with Gasteiger partial charge in [-0.2, -0.15) is 0 Å². The van der Waals surface area contributed by atoms with Gasteiger partial charge in [0.15, 0.2) is 0 Å². The van der Waals surface area contributed by atoms with E-state index in [4.69, 9.17) is 4.74 Å². The molecule has 2 N–H and O–H groups in total. The van der Waals surface area contributed by atoms with Gasteiger partial charge in [0.05, 0.1) is 6.10 Å². The number of aryl methyl sites for hydroxylation is 1. The van der Waals surface area contributed by atoms with Gasteiger partial charge in [-0.05, 0) is 44.7 Å². The summed E-state index contributed by atoms with van der Waals surface area (Å²) < 4.78 is 5.98. The molecule has 24 heavy (non-hydrogen) atoms. The number of amides is 1. The van der Waals surface area contributed by atoms with Crippen molar-refractivity contribution in [2.45, 2.75) is 64.1 Å². The second-order valence-electron chi connectivity index (χ2n) is 7.94. The molecule has 4 heteroatoms. The first-order chi connectivity index (χ1) is 11.6. The van der Waals surface area contributed by atoms with E-state index >= 15 is 0 Å². The van der Waals surface area contributed by atoms with Crippen LogP contribution in [0, 0.1) is 18.3 Å². The van der Waals surface area contributed by atoms with Crippen molar-refractivity contribution in [2.24, 2.45) is 11.3 Å². The Morgan fingerprint density at radius 2 is 2.17 bits per heavy atom. The molecule has 0 bridgehead atoms. The van der Waals surface area contributed by atoms with Gasteiger partial charge in [-0.15, -0.1) is 0 Å². The maximum Gasteiger partial charge on any atom is 0.225 e. The van der Waals surface area contributed by atoms with E-state index < -0.39 is 0 Å². The Bertz CT molecular complexity index is 626. The second kappa shape index (κ2) is 6.16. The summed E-state index contributed by atoms with van der Waals surface area (Å²) in [6, 6.07) is 8.66. The minimum absolute atomic E-state index is 0.0884. The fourth-order valence-corrected chi connectivity index (χ4v) is 5.05. The highest BCUT2D eigenvalue weighted by molar-refractivity contribution is 5.91. The Hall–Kier alpha value is -1.39. The number of hydrogen-bond donors (Lipinski definition) is 2. The van der Waals surface area contributed by atoms with Crippen LogP contribution in [0.2, 0.25) is 0 Å². The van der Waals surface area contributed by atoms with Crippen molar-refractivity contribution < 1.29 is 9.53 Å². The first-order valence-corrected chi connectivity index (χ1v) is 9.33. The fraction of sp³-hybridized carbons (Fsp3) is 0.650. The molecule has 1 aromatic carbocycles. The Kier molecular flexibility index (Phi) is 4.13. The quantitative estimate of drug-likeness (QED) is 0.872. The monoisotopic (exact) mass is 328 g/mol. The SMILES string of the molecule is Cc1ccccc1NC(=O)C[C@H](C)N[C@@H]1[C@@H]2CCO[C@H]2C12CCC2. The second-order valence-corrected chi connectivity index (χ2v) is 7.94. The number of hydrogen-bond acceptors (Lipinski definition) is 3. The zero-order valence-corrected chi connectivity index (χ0v) is 14.7. The first kappa shape index (κ1) is 16.1. The molecule has 3 aliphatic rings. The van der Waals surface area contributed by atoms with Gasteiger partial charge in [0.25, 0.3) is 0 Å². The predicted octanol–water partition coefficient (Wildman–Crippen LogP) is 3.26. The standard InChI is InChI=1S/C20H28N2O2/c1-13-6-3-4-7-16(13)22-17(23)12-14(2)21-18-15-8-11-24-19(15)20(18)9-5-10-20/h3-4,6-7,14-15,18-19,21H,5,8-12H2,1-2H3,(H,22,23)/t14-,15-,18+,19+/m0/s1. The number of carbonyl (C=O) groups is 1. The van der Waals surface area contributed by atoms with Crippen molar-refractivity contribution in [3.05, 3.63) is 29.8 Å². The number of anilines is 1. The molecular weight excluding hydrogens is 300 g/mol. The molecule has 1 spiro atoms. The molecule has 1 heterocycles. The third-order valence-corrected chi connectivity index (χ3v) is 6.41. The van der Waals surface area contributed by atoms with E-state index in [0.29, 0.717) is 29.9 Å². The van der Waals surface area contributed by atoms with Gasteiger partial charge in [-0.25, -0.2) is 0 Å². The minimum atomic E-state index is 0.0884. The highest BCUT2D eigenvalue weighted by Crippen LogP contribution is 2.62. The van der Waals surface area contributed by atoms with Crippen molar-refractivity contribution in [3.8, 4) is 0 Å². The summed E-state index contributed by atoms with van der Waals surface area (Å²) in [6.45, 7) is 5.07. The van der Waals surface area contributed by atoms with Crippen LogP contribution in [0.1, 0.15) is 44.6 Å². The third kappa shape index (κ3) is 2.56. The molecule has 0 aromatic heterocycles. The molecule has 4 nitrogen and oxygen atoms in total. The van der Waals surface area contributed by atoms with Crippen molar-refractivity contribution in [1.82, 2.24) is 5.32 Å². The number of ether oxygens (including phenoxy) is 1. The predicted molar refractivity (Wildman–Crippen MR) is 94.9 cm³/mol. The van der Waals surface area contributed by atoms with Gasteiger partial charge >= 0.3 is 0 Å². The van der Waals surface area contributed by atoms with E-state index in [2.05, 4.69) is 17.6 Å². The number of benzene rings is 1. The number of rotatable bonds is 5. The molecule has 1 saturated heterocycles. The molecule has 1 aliphatic heterocycles. The summed E-state index contributed by atoms with van der Waals surface area (Å²) in [5.74, 6) is 0.748. The van der Waals surface area contributed by atoms with E-state index in [9.17, 15) is 4.79 Å². The third-order valence-electron chi connectivity index (χ3n) is 6.41. The highest BCUT2D eigenvalue weighted by Gasteiger charge is 2.66. The molecule has 130 valence electrons. The average Bonchev–Trinajstić information content (AvgIpc) is 2.91. The van der Waals surface area contributed by atoms with Crippen LogP contribution in [0.5, 0.6) is 0 Å².